The van der Waals surface area contributed by atoms with Crippen LogP contribution >= 0.6 is 0 Å². The molecule has 1 aromatic carbocycles. The molecule has 0 unspecified atom stereocenters. The fourth-order valence-electron chi connectivity index (χ4n) is 3.22. The summed E-state index contributed by atoms with van der Waals surface area (Å²) in [6, 6.07) is 9.55. The molecule has 0 bridgehead atoms. The fourth-order valence-corrected chi connectivity index (χ4v) is 3.22. The van der Waals surface area contributed by atoms with Crippen LogP contribution in [0, 0.1) is 0 Å². The average molecular weight is 363 g/mol. The first kappa shape index (κ1) is 17.2. The first-order valence-electron chi connectivity index (χ1n) is 9.04. The van der Waals surface area contributed by atoms with Gasteiger partial charge in [0.2, 0.25) is 5.88 Å². The van der Waals surface area contributed by atoms with Gasteiger partial charge in [0.05, 0.1) is 6.33 Å². The van der Waals surface area contributed by atoms with E-state index >= 15 is 0 Å². The Labute approximate surface area is 157 Å². The molecule has 3 heterocycles. The molecule has 0 atom stereocenters. The highest BCUT2D eigenvalue weighted by molar-refractivity contribution is 5.94. The highest BCUT2D eigenvalue weighted by atomic mass is 16.5. The normalized spacial score (nSPS) is 14.9. The molecule has 4 rings (SSSR count). The van der Waals surface area contributed by atoms with Crippen molar-refractivity contribution in [1.29, 1.82) is 0 Å². The Morgan fingerprint density at radius 3 is 2.56 bits per heavy atom. The van der Waals surface area contributed by atoms with Crippen LogP contribution in [0.5, 0.6) is 5.88 Å². The summed E-state index contributed by atoms with van der Waals surface area (Å²) in [4.78, 5) is 26.7. The molecule has 7 heteroatoms. The topological polar surface area (TPSA) is 73.1 Å². The van der Waals surface area contributed by atoms with E-state index in [1.165, 1.54) is 6.33 Å². The summed E-state index contributed by atoms with van der Waals surface area (Å²) < 4.78 is 7.86. The number of carbonyl (C=O) groups is 1. The zero-order valence-electron chi connectivity index (χ0n) is 14.9. The number of hydrogen-bond acceptors (Lipinski definition) is 5. The number of aromatic nitrogens is 4. The number of rotatable bonds is 5. The van der Waals surface area contributed by atoms with Gasteiger partial charge in [0.15, 0.2) is 0 Å². The number of benzene rings is 1. The number of ether oxygens (including phenoxy) is 1. The van der Waals surface area contributed by atoms with Gasteiger partial charge in [-0.3, -0.25) is 4.79 Å². The van der Waals surface area contributed by atoms with Crippen LogP contribution < -0.4 is 4.74 Å². The van der Waals surface area contributed by atoms with E-state index in [2.05, 4.69) is 15.0 Å². The maximum Gasteiger partial charge on any atom is 0.253 e. The summed E-state index contributed by atoms with van der Waals surface area (Å²) in [6.07, 6.45) is 10.3. The van der Waals surface area contributed by atoms with Crippen LogP contribution in [0.3, 0.4) is 0 Å². The van der Waals surface area contributed by atoms with E-state index < -0.39 is 0 Å². The second kappa shape index (κ2) is 7.99. The zero-order valence-corrected chi connectivity index (χ0v) is 14.9. The Kier molecular flexibility index (Phi) is 5.09. The zero-order chi connectivity index (χ0) is 18.5. The van der Waals surface area contributed by atoms with Gasteiger partial charge in [0, 0.05) is 62.7 Å². The SMILES string of the molecule is O=C(c1ccc(Cn2ccnc2)cc1)N1CCC(Oc2ccncn2)CC1. The van der Waals surface area contributed by atoms with Gasteiger partial charge < -0.3 is 14.2 Å². The predicted molar refractivity (Wildman–Crippen MR) is 99.4 cm³/mol. The summed E-state index contributed by atoms with van der Waals surface area (Å²) in [5.74, 6) is 0.660. The maximum absolute atomic E-state index is 12.7. The summed E-state index contributed by atoms with van der Waals surface area (Å²) in [5.41, 5.74) is 1.86. The first-order valence-corrected chi connectivity index (χ1v) is 9.04. The van der Waals surface area contributed by atoms with Crippen molar-refractivity contribution in [2.24, 2.45) is 0 Å². The van der Waals surface area contributed by atoms with Gasteiger partial charge >= 0.3 is 0 Å². The maximum atomic E-state index is 12.7. The van der Waals surface area contributed by atoms with E-state index in [9.17, 15) is 4.79 Å². The number of amides is 1. The molecule has 0 spiro atoms. The standard InChI is InChI=1S/C20H21N5O2/c26-20(17-3-1-16(2-4-17)13-24-12-9-22-15-24)25-10-6-18(7-11-25)27-19-5-8-21-14-23-19/h1-5,8-9,12,14-15,18H,6-7,10-11,13H2. The Bertz CT molecular complexity index is 857. The fraction of sp³-hybridized carbons (Fsp3) is 0.300. The molecule has 0 aliphatic carbocycles. The largest absolute Gasteiger partial charge is 0.474 e. The Hall–Kier alpha value is -3.22. The lowest BCUT2D eigenvalue weighted by Crippen LogP contribution is -2.41. The molecule has 1 amide bonds. The monoisotopic (exact) mass is 363 g/mol. The lowest BCUT2D eigenvalue weighted by atomic mass is 10.1. The van der Waals surface area contributed by atoms with Crippen LogP contribution in [0.4, 0.5) is 0 Å². The van der Waals surface area contributed by atoms with Crippen molar-refractivity contribution >= 4 is 5.91 Å². The Morgan fingerprint density at radius 2 is 1.89 bits per heavy atom. The first-order chi connectivity index (χ1) is 13.3. The third kappa shape index (κ3) is 4.31. The van der Waals surface area contributed by atoms with E-state index in [1.807, 2.05) is 39.9 Å². The molecule has 138 valence electrons. The number of carbonyl (C=O) groups excluding carboxylic acids is 1. The number of nitrogens with zero attached hydrogens (tertiary/aromatic N) is 5. The van der Waals surface area contributed by atoms with Crippen molar-refractivity contribution in [2.75, 3.05) is 13.1 Å². The van der Waals surface area contributed by atoms with E-state index in [1.54, 1.807) is 24.8 Å². The van der Waals surface area contributed by atoms with Crippen LogP contribution in [-0.4, -0.2) is 49.5 Å². The van der Waals surface area contributed by atoms with Crippen LogP contribution in [0.25, 0.3) is 0 Å². The van der Waals surface area contributed by atoms with Crippen LogP contribution in [0.2, 0.25) is 0 Å². The third-order valence-corrected chi connectivity index (χ3v) is 4.70. The molecule has 2 aromatic heterocycles. The van der Waals surface area contributed by atoms with Crippen molar-refractivity contribution < 1.29 is 9.53 Å². The minimum atomic E-state index is 0.0738. The van der Waals surface area contributed by atoms with Gasteiger partial charge in [-0.05, 0) is 17.7 Å². The summed E-state index contributed by atoms with van der Waals surface area (Å²) in [5, 5.41) is 0. The van der Waals surface area contributed by atoms with Gasteiger partial charge in [-0.25, -0.2) is 15.0 Å². The minimum Gasteiger partial charge on any atom is -0.474 e. The number of likely N-dealkylation sites (tertiary alicyclic amines) is 1. The Balaban J connectivity index is 1.31. The lowest BCUT2D eigenvalue weighted by molar-refractivity contribution is 0.0587. The smallest absolute Gasteiger partial charge is 0.253 e. The molecular formula is C20H21N5O2. The van der Waals surface area contributed by atoms with Crippen LogP contribution in [0.15, 0.2) is 61.6 Å². The van der Waals surface area contributed by atoms with Gasteiger partial charge in [-0.2, -0.15) is 0 Å². The van der Waals surface area contributed by atoms with E-state index in [0.29, 0.717) is 19.0 Å². The molecule has 7 nitrogen and oxygen atoms in total. The molecule has 0 N–H and O–H groups in total. The molecule has 1 aliphatic heterocycles. The molecule has 3 aromatic rings. The minimum absolute atomic E-state index is 0.0738. The average Bonchev–Trinajstić information content (AvgIpc) is 3.22. The van der Waals surface area contributed by atoms with Gasteiger partial charge in [-0.1, -0.05) is 12.1 Å². The van der Waals surface area contributed by atoms with Crippen LogP contribution in [0.1, 0.15) is 28.8 Å². The van der Waals surface area contributed by atoms with Crippen molar-refractivity contribution in [3.63, 3.8) is 0 Å². The molecule has 0 saturated carbocycles. The van der Waals surface area contributed by atoms with E-state index in [0.717, 1.165) is 30.5 Å². The summed E-state index contributed by atoms with van der Waals surface area (Å²) in [6.45, 7) is 2.12. The molecule has 1 aliphatic rings. The second-order valence-electron chi connectivity index (χ2n) is 6.59. The molecule has 0 radical (unpaired) electrons. The Morgan fingerprint density at radius 1 is 1.07 bits per heavy atom. The van der Waals surface area contributed by atoms with E-state index in [4.69, 9.17) is 4.74 Å². The van der Waals surface area contributed by atoms with Gasteiger partial charge in [0.25, 0.3) is 5.91 Å². The second-order valence-corrected chi connectivity index (χ2v) is 6.59. The molecule has 27 heavy (non-hydrogen) atoms. The summed E-state index contributed by atoms with van der Waals surface area (Å²) in [7, 11) is 0. The summed E-state index contributed by atoms with van der Waals surface area (Å²) >= 11 is 0. The van der Waals surface area contributed by atoms with Gasteiger partial charge in [-0.15, -0.1) is 0 Å². The third-order valence-electron chi connectivity index (χ3n) is 4.70. The predicted octanol–water partition coefficient (Wildman–Crippen LogP) is 2.41. The van der Waals surface area contributed by atoms with E-state index in [-0.39, 0.29) is 12.0 Å². The highest BCUT2D eigenvalue weighted by Crippen LogP contribution is 2.18. The van der Waals surface area contributed by atoms with Crippen molar-refractivity contribution in [1.82, 2.24) is 24.4 Å². The quantitative estimate of drug-likeness (QED) is 0.696. The van der Waals surface area contributed by atoms with Crippen molar-refractivity contribution in [2.45, 2.75) is 25.5 Å². The van der Waals surface area contributed by atoms with Crippen molar-refractivity contribution in [3.8, 4) is 5.88 Å². The molecule has 1 fully saturated rings. The molecule has 1 saturated heterocycles. The lowest BCUT2D eigenvalue weighted by Gasteiger charge is -2.32. The molecular weight excluding hydrogens is 342 g/mol. The number of hydrogen-bond donors (Lipinski definition) is 0. The van der Waals surface area contributed by atoms with Crippen LogP contribution in [-0.2, 0) is 6.54 Å². The number of imidazole rings is 1. The highest BCUT2D eigenvalue weighted by Gasteiger charge is 2.24. The number of piperidine rings is 1. The van der Waals surface area contributed by atoms with Gasteiger partial charge in [0.1, 0.15) is 12.4 Å². The van der Waals surface area contributed by atoms with Crippen molar-refractivity contribution in [3.05, 3.63) is 72.7 Å².